The zero-order valence-electron chi connectivity index (χ0n) is 10.3. The second kappa shape index (κ2) is 3.95. The van der Waals surface area contributed by atoms with Gasteiger partial charge in [-0.05, 0) is 30.4 Å². The minimum Gasteiger partial charge on any atom is -0.294 e. The summed E-state index contributed by atoms with van der Waals surface area (Å²) >= 11 is 0. The summed E-state index contributed by atoms with van der Waals surface area (Å²) in [7, 11) is 0. The Morgan fingerprint density at radius 2 is 1.40 bits per heavy atom. The normalized spacial score (nSPS) is 12.9. The summed E-state index contributed by atoms with van der Waals surface area (Å²) in [6, 6.07) is 8.28. The van der Waals surface area contributed by atoms with Crippen LogP contribution in [0.1, 0.15) is 45.7 Å². The van der Waals surface area contributed by atoms with Gasteiger partial charge in [-0.3, -0.25) is 4.84 Å². The van der Waals surface area contributed by atoms with Crippen LogP contribution in [-0.4, -0.2) is 0 Å². The fourth-order valence-corrected chi connectivity index (χ4v) is 1.73. The minimum atomic E-state index is -0.441. The molecule has 1 rings (SSSR count). The molecule has 15 heavy (non-hydrogen) atoms. The fourth-order valence-electron chi connectivity index (χ4n) is 1.73. The summed E-state index contributed by atoms with van der Waals surface area (Å²) in [5, 5.41) is 0. The van der Waals surface area contributed by atoms with Crippen LogP contribution in [-0.2, 0) is 15.9 Å². The second-order valence-electron chi connectivity index (χ2n) is 5.42. The molecular weight excluding hydrogens is 186 g/mol. The van der Waals surface area contributed by atoms with Crippen molar-refractivity contribution in [2.75, 3.05) is 0 Å². The fraction of sp³-hybridized carbons (Fsp3) is 0.538. The predicted molar refractivity (Wildman–Crippen MR) is 63.4 cm³/mol. The van der Waals surface area contributed by atoms with E-state index in [4.69, 9.17) is 10.7 Å². The highest BCUT2D eigenvalue weighted by molar-refractivity contribution is 5.36. The maximum Gasteiger partial charge on any atom is 0.109 e. The zero-order valence-corrected chi connectivity index (χ0v) is 10.3. The molecule has 0 aliphatic rings. The van der Waals surface area contributed by atoms with Gasteiger partial charge in [0.2, 0.25) is 0 Å². The van der Waals surface area contributed by atoms with Crippen LogP contribution in [0, 0.1) is 0 Å². The van der Waals surface area contributed by atoms with E-state index in [2.05, 4.69) is 39.0 Å². The summed E-state index contributed by atoms with van der Waals surface area (Å²) in [5.41, 5.74) is 2.09. The van der Waals surface area contributed by atoms with Crippen LogP contribution in [0.3, 0.4) is 0 Å². The van der Waals surface area contributed by atoms with Crippen molar-refractivity contribution in [2.45, 2.75) is 45.6 Å². The molecule has 84 valence electrons. The first-order chi connectivity index (χ1) is 6.79. The van der Waals surface area contributed by atoms with Crippen LogP contribution >= 0.6 is 0 Å². The summed E-state index contributed by atoms with van der Waals surface area (Å²) in [5.74, 6) is 5.35. The highest BCUT2D eigenvalue weighted by Gasteiger charge is 2.28. The Morgan fingerprint density at radius 3 is 1.80 bits per heavy atom. The van der Waals surface area contributed by atoms with Crippen molar-refractivity contribution in [1.82, 2.24) is 0 Å². The number of nitrogens with two attached hydrogens (primary N) is 1. The molecular formula is C13H21NO. The molecule has 0 atom stereocenters. The van der Waals surface area contributed by atoms with E-state index in [1.165, 1.54) is 5.56 Å². The topological polar surface area (TPSA) is 35.2 Å². The van der Waals surface area contributed by atoms with Crippen molar-refractivity contribution >= 4 is 0 Å². The number of hydrogen-bond acceptors (Lipinski definition) is 2. The van der Waals surface area contributed by atoms with Crippen LogP contribution in [0.4, 0.5) is 0 Å². The second-order valence-corrected chi connectivity index (χ2v) is 5.42. The highest BCUT2D eigenvalue weighted by atomic mass is 16.6. The van der Waals surface area contributed by atoms with E-state index in [0.717, 1.165) is 5.56 Å². The average molecular weight is 207 g/mol. The van der Waals surface area contributed by atoms with Crippen LogP contribution in [0.5, 0.6) is 0 Å². The monoisotopic (exact) mass is 207 g/mol. The first kappa shape index (κ1) is 12.2. The molecule has 0 unspecified atom stereocenters. The minimum absolute atomic E-state index is 0.104. The number of benzene rings is 1. The first-order valence-corrected chi connectivity index (χ1v) is 5.27. The maximum absolute atomic E-state index is 5.35. The van der Waals surface area contributed by atoms with Gasteiger partial charge in [-0.1, -0.05) is 45.0 Å². The Kier molecular flexibility index (Phi) is 3.22. The Morgan fingerprint density at radius 1 is 0.933 bits per heavy atom. The summed E-state index contributed by atoms with van der Waals surface area (Å²) in [6.45, 7) is 10.5. The third kappa shape index (κ3) is 2.58. The SMILES string of the molecule is CC(C)(C)c1ccccc1C(C)(C)ON. The van der Waals surface area contributed by atoms with E-state index in [1.807, 2.05) is 19.9 Å². The van der Waals surface area contributed by atoms with Gasteiger partial charge in [0.1, 0.15) is 5.60 Å². The lowest BCUT2D eigenvalue weighted by molar-refractivity contribution is -0.0247. The Labute approximate surface area is 92.4 Å². The van der Waals surface area contributed by atoms with E-state index in [0.29, 0.717) is 0 Å². The summed E-state index contributed by atoms with van der Waals surface area (Å²) in [6.07, 6.45) is 0. The van der Waals surface area contributed by atoms with Gasteiger partial charge >= 0.3 is 0 Å². The number of hydrogen-bond donors (Lipinski definition) is 1. The number of rotatable bonds is 2. The molecule has 0 aliphatic heterocycles. The molecule has 1 aromatic carbocycles. The molecule has 0 aromatic heterocycles. The van der Waals surface area contributed by atoms with E-state index >= 15 is 0 Å². The third-order valence-electron chi connectivity index (χ3n) is 2.68. The van der Waals surface area contributed by atoms with E-state index < -0.39 is 5.60 Å². The van der Waals surface area contributed by atoms with Gasteiger partial charge in [0.25, 0.3) is 0 Å². The molecule has 0 amide bonds. The van der Waals surface area contributed by atoms with Gasteiger partial charge in [0.15, 0.2) is 0 Å². The molecule has 0 fully saturated rings. The molecule has 0 saturated heterocycles. The zero-order chi connectivity index (χ0) is 11.7. The van der Waals surface area contributed by atoms with Gasteiger partial charge in [-0.2, -0.15) is 0 Å². The van der Waals surface area contributed by atoms with Crippen molar-refractivity contribution in [3.05, 3.63) is 35.4 Å². The van der Waals surface area contributed by atoms with E-state index in [1.54, 1.807) is 0 Å². The molecule has 1 aromatic rings. The lowest BCUT2D eigenvalue weighted by Gasteiger charge is -2.30. The van der Waals surface area contributed by atoms with Crippen molar-refractivity contribution in [3.8, 4) is 0 Å². The lowest BCUT2D eigenvalue weighted by Crippen LogP contribution is -2.29. The standard InChI is InChI=1S/C13H21NO/c1-12(2,3)10-8-6-7-9-11(10)13(4,5)15-14/h6-9H,14H2,1-5H3. The Balaban J connectivity index is 3.31. The van der Waals surface area contributed by atoms with Gasteiger partial charge in [0.05, 0.1) is 0 Å². The van der Waals surface area contributed by atoms with Gasteiger partial charge < -0.3 is 0 Å². The third-order valence-corrected chi connectivity index (χ3v) is 2.68. The van der Waals surface area contributed by atoms with Gasteiger partial charge in [0, 0.05) is 0 Å². The molecule has 0 bridgehead atoms. The van der Waals surface area contributed by atoms with Crippen molar-refractivity contribution in [1.29, 1.82) is 0 Å². The Bertz CT molecular complexity index is 337. The molecule has 2 nitrogen and oxygen atoms in total. The van der Waals surface area contributed by atoms with Crippen LogP contribution in [0.25, 0.3) is 0 Å². The Hall–Kier alpha value is -0.860. The van der Waals surface area contributed by atoms with Crippen molar-refractivity contribution in [3.63, 3.8) is 0 Å². The predicted octanol–water partition coefficient (Wildman–Crippen LogP) is 3.11. The molecule has 2 heteroatoms. The quantitative estimate of drug-likeness (QED) is 0.756. The molecule has 2 N–H and O–H groups in total. The van der Waals surface area contributed by atoms with Gasteiger partial charge in [-0.25, -0.2) is 5.90 Å². The smallest absolute Gasteiger partial charge is 0.109 e. The van der Waals surface area contributed by atoms with E-state index in [9.17, 15) is 0 Å². The summed E-state index contributed by atoms with van der Waals surface area (Å²) < 4.78 is 0. The molecule has 0 aliphatic carbocycles. The lowest BCUT2D eigenvalue weighted by atomic mass is 9.79. The van der Waals surface area contributed by atoms with Crippen LogP contribution < -0.4 is 5.90 Å². The molecule has 0 saturated carbocycles. The average Bonchev–Trinajstić information content (AvgIpc) is 2.16. The maximum atomic E-state index is 5.35. The van der Waals surface area contributed by atoms with Gasteiger partial charge in [-0.15, -0.1) is 0 Å². The molecule has 0 heterocycles. The van der Waals surface area contributed by atoms with Crippen LogP contribution in [0.15, 0.2) is 24.3 Å². The molecule has 0 spiro atoms. The summed E-state index contributed by atoms with van der Waals surface area (Å²) in [4.78, 5) is 5.06. The first-order valence-electron chi connectivity index (χ1n) is 5.27. The largest absolute Gasteiger partial charge is 0.294 e. The van der Waals surface area contributed by atoms with Crippen LogP contribution in [0.2, 0.25) is 0 Å². The van der Waals surface area contributed by atoms with Crippen molar-refractivity contribution in [2.24, 2.45) is 5.90 Å². The molecule has 0 radical (unpaired) electrons. The van der Waals surface area contributed by atoms with E-state index in [-0.39, 0.29) is 5.41 Å². The van der Waals surface area contributed by atoms with Crippen molar-refractivity contribution < 1.29 is 4.84 Å². The highest BCUT2D eigenvalue weighted by Crippen LogP contribution is 2.33.